The van der Waals surface area contributed by atoms with E-state index in [2.05, 4.69) is 189 Å². The quantitative estimate of drug-likeness (QED) is 0.0297. The molecule has 25 nitrogen and oxygen atoms in total. The Hall–Kier alpha value is -5.47. The minimum Gasteiger partial charge on any atom is -0.544 e. The number of methoxy groups -OCH3 is 2. The average Bonchev–Trinajstić information content (AvgIpc) is 1.30. The van der Waals surface area contributed by atoms with E-state index in [1.807, 2.05) is 83.1 Å². The molecule has 682 valence electrons. The van der Waals surface area contributed by atoms with E-state index in [1.165, 1.54) is 91.3 Å². The van der Waals surface area contributed by atoms with Gasteiger partial charge in [0.1, 0.15) is 39.1 Å². The summed E-state index contributed by atoms with van der Waals surface area (Å²) in [7, 11) is -17.1. The van der Waals surface area contributed by atoms with Crippen LogP contribution in [-0.4, -0.2) is 89.8 Å². The second kappa shape index (κ2) is 48.8. The van der Waals surface area contributed by atoms with Crippen molar-refractivity contribution >= 4 is 250 Å². The van der Waals surface area contributed by atoms with Crippen LogP contribution in [0.2, 0.25) is 0 Å². The van der Waals surface area contributed by atoms with Crippen LogP contribution >= 0.6 is 153 Å². The van der Waals surface area contributed by atoms with Crippen molar-refractivity contribution in [2.24, 2.45) is 0 Å². The fourth-order valence-corrected chi connectivity index (χ4v) is 23.0. The van der Waals surface area contributed by atoms with Crippen molar-refractivity contribution in [1.29, 1.82) is 5.26 Å². The molecule has 0 saturated heterocycles. The SMILES string of the molecule is CC#N.CC(C)(C)c1ccc(S(=O)(=O)Nc2ccsc2C(=O)O)c(Br)c1.CC(C)(C)c1ccc(S(=O)(=O)Nc2ccsc2C(=O)[O-])c(Br)c1.CC(C)(C)c1ccc(S(=O)(=O)O)c(Br)c1.CC(C)(C)c1ccc(S(=O)(=O)OCl)c(Br)c1.CC(C)(C)c1cccc(Br)c1.COC(=O)c1sccc1N.COC(=O)c1sccc1NS(=O)(=O)c1ccc(C(C)(C)C)cc1Br.[Na+]. The Morgan fingerprint density at radius 3 is 0.937 bits per heavy atom. The van der Waals surface area contributed by atoms with Crippen molar-refractivity contribution < 1.29 is 119 Å². The van der Waals surface area contributed by atoms with Crippen LogP contribution in [0.1, 0.15) is 204 Å². The van der Waals surface area contributed by atoms with Crippen molar-refractivity contribution in [2.45, 2.75) is 189 Å². The van der Waals surface area contributed by atoms with E-state index < -0.39 is 68.2 Å². The number of carbonyl (C=O) groups excluding carboxylic acids is 3. The molecular formula is C84H97Br6ClN5NaO20S9. The van der Waals surface area contributed by atoms with Crippen LogP contribution in [0.3, 0.4) is 0 Å². The first-order valence-corrected chi connectivity index (χ1v) is 52.3. The Morgan fingerprint density at radius 2 is 0.683 bits per heavy atom. The Balaban J connectivity index is 0.000000504. The molecule has 0 saturated carbocycles. The summed E-state index contributed by atoms with van der Waals surface area (Å²) >= 11 is 28.9. The third-order valence-corrected chi connectivity index (χ3v) is 32.2. The molecule has 0 atom stereocenters. The maximum Gasteiger partial charge on any atom is 1.00 e. The predicted molar refractivity (Wildman–Crippen MR) is 520 cm³/mol. The first kappa shape index (κ1) is 117. The molecule has 0 bridgehead atoms. The number of benzene rings is 6. The van der Waals surface area contributed by atoms with E-state index in [-0.39, 0.29) is 124 Å². The Kier molecular flexibility index (Phi) is 45.1. The smallest absolute Gasteiger partial charge is 0.544 e. The summed E-state index contributed by atoms with van der Waals surface area (Å²) in [6.07, 6.45) is 0. The molecule has 4 heterocycles. The molecule has 0 spiro atoms. The minimum atomic E-state index is -4.14. The summed E-state index contributed by atoms with van der Waals surface area (Å²) in [4.78, 5) is 45.2. The standard InChI is InChI=1S/C16H18BrNO4S2.2C15H16BrNO4S2.C10H12BrClO3S.C10H13BrO3S.C10H13Br.C6H7NO2S.C2H3N.Na/c1-16(2,3)10-5-6-13(11(17)9-10)24(20,21)18-12-7-8-23-14(12)15(19)22-4;2*1-15(2,3)9-4-5-12(10(16)8-9)23(20,21)17-11-6-7-22-13(11)14(18)19;1-10(2,3)7-4-5-9(8(11)6-7)16(13,14)15-12;1-10(2,3)7-4-5-9(8(11)6-7)15(12,13)14;1-10(2,3)8-5-4-6-9(11)7-8;1-9-6(8)5-4(7)2-3-10-5;1-2-3;/h5-9,18H,1-4H3;2*4-8,17H,1-3H3,(H,18,19);4-6H,1-3H3;4-6H,1-3H3,(H,12,13,14);4-7H,1-3H3;2-3H,7H2,1H3;1H3;/q;;;;;;;;+1/p-1. The van der Waals surface area contributed by atoms with Crippen molar-refractivity contribution in [3.63, 3.8) is 0 Å². The van der Waals surface area contributed by atoms with Gasteiger partial charge in [-0.05, 0) is 264 Å². The molecule has 0 aliphatic carbocycles. The number of hydrogen-bond donors (Lipinski definition) is 6. The van der Waals surface area contributed by atoms with E-state index in [0.717, 1.165) is 66.3 Å². The number of nitrogens with one attached hydrogen (secondary N) is 3. The first-order valence-electron chi connectivity index (χ1n) is 36.4. The van der Waals surface area contributed by atoms with Gasteiger partial charge in [0.05, 0.1) is 65.8 Å². The van der Waals surface area contributed by atoms with E-state index in [4.69, 9.17) is 32.5 Å². The molecule has 0 aliphatic heterocycles. The molecule has 10 aromatic rings. The molecule has 4 aromatic heterocycles. The van der Waals surface area contributed by atoms with Crippen LogP contribution in [0.4, 0.5) is 22.7 Å². The second-order valence-corrected chi connectivity index (χ2v) is 49.6. The van der Waals surface area contributed by atoms with Crippen molar-refractivity contribution in [1.82, 2.24) is 0 Å². The van der Waals surface area contributed by atoms with Gasteiger partial charge in [-0.15, -0.1) is 45.3 Å². The molecule has 10 rings (SSSR count). The zero-order valence-corrected chi connectivity index (χ0v) is 92.3. The molecular weight excluding hydrogens is 2230 g/mol. The summed E-state index contributed by atoms with van der Waals surface area (Å²) in [5.41, 5.74) is 12.4. The molecule has 0 radical (unpaired) electrons. The van der Waals surface area contributed by atoms with Crippen LogP contribution in [0, 0.1) is 11.3 Å². The number of anilines is 4. The third kappa shape index (κ3) is 35.9. The molecule has 6 aromatic carbocycles. The Labute approximate surface area is 833 Å². The number of ether oxygens (including phenoxy) is 2. The van der Waals surface area contributed by atoms with Crippen LogP contribution in [0.25, 0.3) is 0 Å². The summed E-state index contributed by atoms with van der Waals surface area (Å²) in [5, 5.41) is 33.8. The Morgan fingerprint density at radius 1 is 0.421 bits per heavy atom. The van der Waals surface area contributed by atoms with Gasteiger partial charge in [-0.1, -0.05) is 183 Å². The van der Waals surface area contributed by atoms with Gasteiger partial charge in [0.2, 0.25) is 0 Å². The van der Waals surface area contributed by atoms with Gasteiger partial charge in [-0.3, -0.25) is 18.7 Å². The number of esters is 2. The number of halogens is 7. The molecule has 7 N–H and O–H groups in total. The van der Waals surface area contributed by atoms with Gasteiger partial charge in [0.25, 0.3) is 40.2 Å². The topological polar surface area (TPSA) is 416 Å². The number of carboxylic acids is 2. The Bertz CT molecular complexity index is 5980. The molecule has 0 unspecified atom stereocenters. The number of carbonyl (C=O) groups is 4. The van der Waals surface area contributed by atoms with Gasteiger partial charge in [0.15, 0.2) is 0 Å². The fourth-order valence-electron chi connectivity index (χ4n) is 9.81. The number of nitrogens with zero attached hydrogens (tertiary/aromatic N) is 1. The number of carboxylic acid groups (broad SMARTS) is 2. The third-order valence-electron chi connectivity index (χ3n) is 16.7. The average molecular weight is 2320 g/mol. The van der Waals surface area contributed by atoms with Gasteiger partial charge < -0.3 is 30.2 Å². The largest absolute Gasteiger partial charge is 1.00 e. The number of aromatic carboxylic acids is 2. The fraction of sp³-hybridized carbons (Fsp3) is 0.321. The van der Waals surface area contributed by atoms with Gasteiger partial charge >= 0.3 is 57.6 Å². The summed E-state index contributed by atoms with van der Waals surface area (Å²) < 4.78 is 152. The summed E-state index contributed by atoms with van der Waals surface area (Å²) in [5.74, 6) is -3.53. The van der Waals surface area contributed by atoms with E-state index in [0.29, 0.717) is 32.9 Å². The van der Waals surface area contributed by atoms with Crippen molar-refractivity contribution in [3.05, 3.63) is 241 Å². The van der Waals surface area contributed by atoms with E-state index in [1.54, 1.807) is 89.6 Å². The number of thiophene rings is 4. The van der Waals surface area contributed by atoms with Crippen LogP contribution < -0.4 is 54.6 Å². The maximum atomic E-state index is 12.7. The zero-order chi connectivity index (χ0) is 96.1. The van der Waals surface area contributed by atoms with E-state index in [9.17, 15) is 66.4 Å². The summed E-state index contributed by atoms with van der Waals surface area (Å²) in [6, 6.07) is 41.2. The molecule has 0 aliphatic rings. The molecule has 0 amide bonds. The number of hydrogen-bond acceptors (Lipinski definition) is 24. The normalized spacial score (nSPS) is 11.7. The van der Waals surface area contributed by atoms with E-state index >= 15 is 0 Å². The molecule has 126 heavy (non-hydrogen) atoms. The maximum absolute atomic E-state index is 12.7. The molecule has 42 heteroatoms. The minimum absolute atomic E-state index is 0. The number of rotatable bonds is 16. The van der Waals surface area contributed by atoms with Gasteiger partial charge in [-0.2, -0.15) is 25.8 Å². The number of sulfonamides is 3. The van der Waals surface area contributed by atoms with Gasteiger partial charge in [-0.25, -0.2) is 39.6 Å². The van der Waals surface area contributed by atoms with Crippen LogP contribution in [-0.2, 0) is 96.0 Å². The second-order valence-electron chi connectivity index (χ2n) is 32.5. The summed E-state index contributed by atoms with van der Waals surface area (Å²) in [6.45, 7) is 38.6. The monoisotopic (exact) mass is 2310 g/mol. The zero-order valence-electron chi connectivity index (χ0n) is 72.7. The predicted octanol–water partition coefficient (Wildman–Crippen LogP) is 20.7. The van der Waals surface area contributed by atoms with Crippen molar-refractivity contribution in [3.8, 4) is 6.07 Å². The van der Waals surface area contributed by atoms with Gasteiger partial charge in [0, 0.05) is 33.8 Å². The van der Waals surface area contributed by atoms with Crippen LogP contribution in [0.5, 0.6) is 0 Å². The number of nitriles is 1. The van der Waals surface area contributed by atoms with Crippen LogP contribution in [0.15, 0.2) is 212 Å². The number of nitrogens with two attached hydrogens (primary N) is 1. The number of nitrogen functional groups attached to an aromatic ring is 1. The first-order chi connectivity index (χ1) is 57.1. The molecule has 0 fully saturated rings. The van der Waals surface area contributed by atoms with Crippen molar-refractivity contribution in [2.75, 3.05) is 34.1 Å².